The van der Waals surface area contributed by atoms with Gasteiger partial charge in [0.05, 0.1) is 22.4 Å². The average molecular weight is 439 g/mol. The van der Waals surface area contributed by atoms with E-state index in [9.17, 15) is 23.1 Å². The van der Waals surface area contributed by atoms with Crippen molar-refractivity contribution in [2.24, 2.45) is 0 Å². The van der Waals surface area contributed by atoms with Gasteiger partial charge < -0.3 is 5.11 Å². The highest BCUT2D eigenvalue weighted by atomic mass is 35.5. The van der Waals surface area contributed by atoms with Crippen molar-refractivity contribution >= 4 is 22.9 Å². The van der Waals surface area contributed by atoms with E-state index in [2.05, 4.69) is 5.10 Å². The van der Waals surface area contributed by atoms with Gasteiger partial charge in [-0.2, -0.15) is 18.3 Å². The van der Waals surface area contributed by atoms with E-state index in [1.807, 2.05) is 0 Å². The molecule has 0 atom stereocenters. The normalized spacial score (nSPS) is 12.5. The molecular formula is C22H22ClF3N2O2. The first-order valence-corrected chi connectivity index (χ1v) is 9.90. The number of ketones is 1. The van der Waals surface area contributed by atoms with E-state index in [4.69, 9.17) is 11.6 Å². The predicted octanol–water partition coefficient (Wildman–Crippen LogP) is 5.73. The Hall–Kier alpha value is -2.38. The third-order valence-corrected chi connectivity index (χ3v) is 4.88. The lowest BCUT2D eigenvalue weighted by atomic mass is 9.97. The van der Waals surface area contributed by atoms with Gasteiger partial charge in [-0.1, -0.05) is 23.7 Å². The quantitative estimate of drug-likeness (QED) is 0.512. The fourth-order valence-electron chi connectivity index (χ4n) is 3.43. The second-order valence-electron chi connectivity index (χ2n) is 7.96. The largest absolute Gasteiger partial charge is 0.416 e. The Kier molecular flexibility index (Phi) is 6.24. The Morgan fingerprint density at radius 2 is 1.93 bits per heavy atom. The van der Waals surface area contributed by atoms with Gasteiger partial charge >= 0.3 is 6.18 Å². The lowest BCUT2D eigenvalue weighted by Crippen LogP contribution is -2.23. The van der Waals surface area contributed by atoms with Crippen molar-refractivity contribution < 1.29 is 23.1 Å². The van der Waals surface area contributed by atoms with Crippen LogP contribution in [0.5, 0.6) is 0 Å². The van der Waals surface area contributed by atoms with Crippen LogP contribution in [0.1, 0.15) is 44.4 Å². The van der Waals surface area contributed by atoms with Gasteiger partial charge in [0.2, 0.25) is 0 Å². The fourth-order valence-corrected chi connectivity index (χ4v) is 3.62. The Labute approximate surface area is 177 Å². The second kappa shape index (κ2) is 8.40. The summed E-state index contributed by atoms with van der Waals surface area (Å²) in [7, 11) is 0. The van der Waals surface area contributed by atoms with Gasteiger partial charge in [0.1, 0.15) is 5.78 Å². The molecule has 0 spiro atoms. The first kappa shape index (κ1) is 22.3. The molecule has 0 radical (unpaired) electrons. The molecule has 3 aromatic rings. The third kappa shape index (κ3) is 5.40. The molecule has 0 saturated carbocycles. The van der Waals surface area contributed by atoms with Crippen molar-refractivity contribution in [2.75, 3.05) is 0 Å². The summed E-state index contributed by atoms with van der Waals surface area (Å²) in [4.78, 5) is 12.0. The van der Waals surface area contributed by atoms with Crippen LogP contribution < -0.4 is 0 Å². The minimum atomic E-state index is -4.47. The van der Waals surface area contributed by atoms with Crippen molar-refractivity contribution in [3.05, 3.63) is 58.9 Å². The van der Waals surface area contributed by atoms with Gasteiger partial charge in [-0.25, -0.2) is 4.52 Å². The maximum Gasteiger partial charge on any atom is 0.416 e. The smallest absolute Gasteiger partial charge is 0.390 e. The molecule has 0 fully saturated rings. The summed E-state index contributed by atoms with van der Waals surface area (Å²) in [6.45, 7) is 3.14. The predicted molar refractivity (Wildman–Crippen MR) is 109 cm³/mol. The van der Waals surface area contributed by atoms with Gasteiger partial charge in [0.15, 0.2) is 0 Å². The number of hydrogen-bond donors (Lipinski definition) is 1. The van der Waals surface area contributed by atoms with Crippen LogP contribution in [0.4, 0.5) is 13.2 Å². The van der Waals surface area contributed by atoms with E-state index >= 15 is 0 Å². The molecule has 0 amide bonds. The highest BCUT2D eigenvalue weighted by Gasteiger charge is 2.31. The summed E-state index contributed by atoms with van der Waals surface area (Å²) in [6, 6.07) is 8.93. The zero-order valence-electron chi connectivity index (χ0n) is 16.6. The van der Waals surface area contributed by atoms with Crippen LogP contribution >= 0.6 is 11.6 Å². The summed E-state index contributed by atoms with van der Waals surface area (Å²) < 4.78 is 41.1. The number of hydrogen-bond acceptors (Lipinski definition) is 3. The number of alkyl halides is 3. The molecule has 3 rings (SSSR count). The number of aryl methyl sites for hydroxylation is 1. The molecule has 0 unspecified atom stereocenters. The minimum Gasteiger partial charge on any atom is -0.390 e. The Balaban J connectivity index is 1.97. The SMILES string of the molecule is CC(C)(O)CC(=O)CCCc1nn2ccc(C(F)(F)F)cc2c1-c1cccc(Cl)c1. The molecule has 30 heavy (non-hydrogen) atoms. The lowest BCUT2D eigenvalue weighted by Gasteiger charge is -2.15. The molecule has 1 aromatic carbocycles. The van der Waals surface area contributed by atoms with Crippen LogP contribution in [0.25, 0.3) is 16.6 Å². The Bertz CT molecular complexity index is 1070. The number of pyridine rings is 1. The zero-order valence-corrected chi connectivity index (χ0v) is 17.4. The summed E-state index contributed by atoms with van der Waals surface area (Å²) in [6.07, 6.45) is -2.01. The maximum absolute atomic E-state index is 13.2. The topological polar surface area (TPSA) is 54.6 Å². The zero-order chi connectivity index (χ0) is 22.1. The van der Waals surface area contributed by atoms with Crippen LogP contribution in [-0.4, -0.2) is 26.1 Å². The number of fused-ring (bicyclic) bond motifs is 1. The van der Waals surface area contributed by atoms with E-state index in [0.717, 1.165) is 12.1 Å². The van der Waals surface area contributed by atoms with Crippen LogP contribution in [0.2, 0.25) is 5.02 Å². The van der Waals surface area contributed by atoms with Crippen molar-refractivity contribution in [1.82, 2.24) is 9.61 Å². The molecule has 0 bridgehead atoms. The van der Waals surface area contributed by atoms with E-state index in [1.54, 1.807) is 38.1 Å². The number of nitrogens with zero attached hydrogens (tertiary/aromatic N) is 2. The molecule has 0 aliphatic rings. The van der Waals surface area contributed by atoms with E-state index in [1.165, 1.54) is 10.7 Å². The summed E-state index contributed by atoms with van der Waals surface area (Å²) in [5.74, 6) is -0.0741. The molecule has 8 heteroatoms. The van der Waals surface area contributed by atoms with Crippen LogP contribution in [-0.2, 0) is 17.4 Å². The van der Waals surface area contributed by atoms with E-state index < -0.39 is 17.3 Å². The first-order chi connectivity index (χ1) is 13.9. The molecule has 2 aromatic heterocycles. The second-order valence-corrected chi connectivity index (χ2v) is 8.39. The number of Topliss-reactive ketones (excluding diaryl/α,β-unsaturated/α-hetero) is 1. The highest BCUT2D eigenvalue weighted by molar-refractivity contribution is 6.30. The Morgan fingerprint density at radius 3 is 2.57 bits per heavy atom. The Morgan fingerprint density at radius 1 is 1.20 bits per heavy atom. The summed E-state index contributed by atoms with van der Waals surface area (Å²) in [5, 5.41) is 14.7. The highest BCUT2D eigenvalue weighted by Crippen LogP contribution is 2.35. The minimum absolute atomic E-state index is 0.0499. The van der Waals surface area contributed by atoms with E-state index in [0.29, 0.717) is 40.2 Å². The molecule has 4 nitrogen and oxygen atoms in total. The summed E-state index contributed by atoms with van der Waals surface area (Å²) >= 11 is 6.10. The number of carbonyl (C=O) groups excluding carboxylic acids is 1. The van der Waals surface area contributed by atoms with Crippen molar-refractivity contribution in [1.29, 1.82) is 0 Å². The molecule has 2 heterocycles. The van der Waals surface area contributed by atoms with Gasteiger partial charge in [-0.15, -0.1) is 0 Å². The van der Waals surface area contributed by atoms with Crippen LogP contribution in [0, 0.1) is 0 Å². The molecule has 0 aliphatic heterocycles. The number of aromatic nitrogens is 2. The number of benzene rings is 1. The van der Waals surface area contributed by atoms with Crippen LogP contribution in [0.3, 0.4) is 0 Å². The monoisotopic (exact) mass is 438 g/mol. The van der Waals surface area contributed by atoms with E-state index in [-0.39, 0.29) is 18.6 Å². The van der Waals surface area contributed by atoms with Crippen molar-refractivity contribution in [3.8, 4) is 11.1 Å². The maximum atomic E-state index is 13.2. The van der Waals surface area contributed by atoms with Crippen molar-refractivity contribution in [3.63, 3.8) is 0 Å². The van der Waals surface area contributed by atoms with Crippen LogP contribution in [0.15, 0.2) is 42.6 Å². The van der Waals surface area contributed by atoms with Gasteiger partial charge in [-0.3, -0.25) is 4.79 Å². The molecule has 160 valence electrons. The molecule has 0 aliphatic carbocycles. The first-order valence-electron chi connectivity index (χ1n) is 9.52. The molecular weight excluding hydrogens is 417 g/mol. The standard InChI is InChI=1S/C22H22ClF3N2O2/c1-21(2,30)13-17(29)7-4-8-18-20(14-5-3-6-16(23)11-14)19-12-15(22(24,25)26)9-10-28(19)27-18/h3,5-6,9-12,30H,4,7-8,13H2,1-2H3. The number of rotatable bonds is 7. The van der Waals surface area contributed by atoms with Crippen molar-refractivity contribution in [2.45, 2.75) is 51.3 Å². The number of halogens is 4. The molecule has 1 N–H and O–H groups in total. The third-order valence-electron chi connectivity index (χ3n) is 4.65. The number of aliphatic hydroxyl groups is 1. The molecule has 0 saturated heterocycles. The fraction of sp³-hybridized carbons (Fsp3) is 0.364. The average Bonchev–Trinajstić information content (AvgIpc) is 2.96. The summed E-state index contributed by atoms with van der Waals surface area (Å²) in [5.41, 5.74) is 0.316. The lowest BCUT2D eigenvalue weighted by molar-refractivity contribution is -0.137. The van der Waals surface area contributed by atoms with Gasteiger partial charge in [0.25, 0.3) is 0 Å². The van der Waals surface area contributed by atoms with Gasteiger partial charge in [0, 0.05) is 29.6 Å². The van der Waals surface area contributed by atoms with Gasteiger partial charge in [-0.05, 0) is 56.5 Å². The number of carbonyl (C=O) groups is 1.